The second-order valence-electron chi connectivity index (χ2n) is 7.33. The molecule has 1 aliphatic heterocycles. The zero-order chi connectivity index (χ0) is 18.7. The van der Waals surface area contributed by atoms with Crippen LogP contribution in [-0.2, 0) is 14.3 Å². The van der Waals surface area contributed by atoms with E-state index in [1.54, 1.807) is 25.1 Å². The maximum atomic E-state index is 12.4. The van der Waals surface area contributed by atoms with Gasteiger partial charge in [0.1, 0.15) is 6.61 Å². The van der Waals surface area contributed by atoms with Crippen molar-refractivity contribution in [1.82, 2.24) is 5.32 Å². The van der Waals surface area contributed by atoms with Crippen LogP contribution >= 0.6 is 0 Å². The lowest BCUT2D eigenvalue weighted by atomic mass is 9.78. The molecule has 0 saturated heterocycles. The minimum Gasteiger partial charge on any atom is -0.485 e. The molecule has 2 aliphatic rings. The van der Waals surface area contributed by atoms with Crippen LogP contribution in [0.25, 0.3) is 0 Å². The maximum Gasteiger partial charge on any atom is 0.351 e. The van der Waals surface area contributed by atoms with Crippen molar-refractivity contribution in [3.05, 3.63) is 24.3 Å². The molecule has 0 unspecified atom stereocenters. The van der Waals surface area contributed by atoms with Crippen molar-refractivity contribution in [2.24, 2.45) is 11.8 Å². The number of carbonyl (C=O) groups is 2. The third-order valence-corrected chi connectivity index (χ3v) is 5.47. The molecule has 0 spiro atoms. The fourth-order valence-corrected chi connectivity index (χ4v) is 3.53. The normalized spacial score (nSPS) is 28.7. The summed E-state index contributed by atoms with van der Waals surface area (Å²) >= 11 is 0. The number of carbonyl (C=O) groups excluding carboxylic acids is 2. The molecule has 1 fully saturated rings. The molecule has 1 aliphatic carbocycles. The minimum atomic E-state index is -0.868. The second kappa shape index (κ2) is 7.98. The second-order valence-corrected chi connectivity index (χ2v) is 7.33. The Kier molecular flexibility index (Phi) is 5.69. The first-order valence-electron chi connectivity index (χ1n) is 9.35. The standard InChI is InChI=1S/C20H27NO5/c1-12-7-6-8-15(13(12)2)21-19(22)14(3)25-20(23)18-11-24-16-9-4-5-10-17(16)26-18/h4-5,9-10,12-15,18H,6-8,11H2,1-3H3,(H,21,22)/t12-,13+,14+,15+,18-/m0/s1. The SMILES string of the molecule is C[C@@H]1[C@@H](C)CCC[C@H]1NC(=O)[C@@H](C)OC(=O)[C@@H]1COc2ccccc2O1. The van der Waals surface area contributed by atoms with Crippen molar-refractivity contribution in [2.75, 3.05) is 6.61 Å². The van der Waals surface area contributed by atoms with Crippen LogP contribution in [0.2, 0.25) is 0 Å². The molecule has 1 saturated carbocycles. The Morgan fingerprint density at radius 2 is 1.92 bits per heavy atom. The summed E-state index contributed by atoms with van der Waals surface area (Å²) in [5.41, 5.74) is 0. The van der Waals surface area contributed by atoms with E-state index in [1.807, 2.05) is 6.07 Å². The van der Waals surface area contributed by atoms with E-state index in [-0.39, 0.29) is 18.6 Å². The Balaban J connectivity index is 1.52. The van der Waals surface area contributed by atoms with Crippen LogP contribution in [0.4, 0.5) is 0 Å². The average molecular weight is 361 g/mol. The van der Waals surface area contributed by atoms with Gasteiger partial charge in [0, 0.05) is 6.04 Å². The number of hydrogen-bond donors (Lipinski definition) is 1. The smallest absolute Gasteiger partial charge is 0.351 e. The van der Waals surface area contributed by atoms with Crippen molar-refractivity contribution >= 4 is 11.9 Å². The number of ether oxygens (including phenoxy) is 3. The van der Waals surface area contributed by atoms with E-state index < -0.39 is 18.2 Å². The van der Waals surface area contributed by atoms with Crippen LogP contribution in [0.15, 0.2) is 24.3 Å². The summed E-state index contributed by atoms with van der Waals surface area (Å²) in [5, 5.41) is 3.03. The van der Waals surface area contributed by atoms with Crippen molar-refractivity contribution in [3.63, 3.8) is 0 Å². The highest BCUT2D eigenvalue weighted by atomic mass is 16.6. The van der Waals surface area contributed by atoms with Crippen LogP contribution in [0.1, 0.15) is 40.0 Å². The summed E-state index contributed by atoms with van der Waals surface area (Å²) in [6, 6.07) is 7.28. The van der Waals surface area contributed by atoms with Gasteiger partial charge in [-0.15, -0.1) is 0 Å². The third kappa shape index (κ3) is 4.11. The molecule has 1 N–H and O–H groups in total. The highest BCUT2D eigenvalue weighted by Crippen LogP contribution is 2.31. The molecule has 6 heteroatoms. The number of benzene rings is 1. The maximum absolute atomic E-state index is 12.4. The quantitative estimate of drug-likeness (QED) is 0.835. The molecule has 3 rings (SSSR count). The average Bonchev–Trinajstić information content (AvgIpc) is 2.64. The van der Waals surface area contributed by atoms with Gasteiger partial charge in [-0.2, -0.15) is 0 Å². The van der Waals surface area contributed by atoms with Crippen LogP contribution in [0.5, 0.6) is 11.5 Å². The molecule has 0 aromatic heterocycles. The first-order chi connectivity index (χ1) is 12.5. The lowest BCUT2D eigenvalue weighted by Gasteiger charge is -2.35. The lowest BCUT2D eigenvalue weighted by molar-refractivity contribution is -0.164. The Labute approximate surface area is 154 Å². The highest BCUT2D eigenvalue weighted by Gasteiger charge is 2.33. The molecule has 1 aromatic rings. The fraction of sp³-hybridized carbons (Fsp3) is 0.600. The summed E-state index contributed by atoms with van der Waals surface area (Å²) in [4.78, 5) is 24.7. The Morgan fingerprint density at radius 1 is 1.19 bits per heavy atom. The van der Waals surface area contributed by atoms with Gasteiger partial charge in [-0.25, -0.2) is 4.79 Å². The van der Waals surface area contributed by atoms with Crippen molar-refractivity contribution in [3.8, 4) is 11.5 Å². The molecule has 0 bridgehead atoms. The van der Waals surface area contributed by atoms with E-state index in [0.717, 1.165) is 12.8 Å². The zero-order valence-corrected chi connectivity index (χ0v) is 15.6. The lowest BCUT2D eigenvalue weighted by Crippen LogP contribution is -2.48. The van der Waals surface area contributed by atoms with Gasteiger partial charge < -0.3 is 19.5 Å². The molecule has 1 amide bonds. The van der Waals surface area contributed by atoms with E-state index in [4.69, 9.17) is 14.2 Å². The summed E-state index contributed by atoms with van der Waals surface area (Å²) in [6.45, 7) is 6.03. The topological polar surface area (TPSA) is 73.9 Å². The van der Waals surface area contributed by atoms with Crippen molar-refractivity contribution in [2.45, 2.75) is 58.3 Å². The van der Waals surface area contributed by atoms with E-state index in [9.17, 15) is 9.59 Å². The van der Waals surface area contributed by atoms with Gasteiger partial charge in [0.05, 0.1) is 0 Å². The van der Waals surface area contributed by atoms with Gasteiger partial charge in [0.25, 0.3) is 5.91 Å². The van der Waals surface area contributed by atoms with Crippen LogP contribution in [-0.4, -0.2) is 36.7 Å². The summed E-state index contributed by atoms with van der Waals surface area (Å²) in [7, 11) is 0. The van der Waals surface area contributed by atoms with Crippen LogP contribution < -0.4 is 14.8 Å². The number of para-hydroxylation sites is 2. The van der Waals surface area contributed by atoms with E-state index >= 15 is 0 Å². The van der Waals surface area contributed by atoms with Crippen molar-refractivity contribution in [1.29, 1.82) is 0 Å². The van der Waals surface area contributed by atoms with E-state index in [0.29, 0.717) is 23.3 Å². The molecular weight excluding hydrogens is 334 g/mol. The zero-order valence-electron chi connectivity index (χ0n) is 15.6. The summed E-state index contributed by atoms with van der Waals surface area (Å²) in [5.74, 6) is 1.25. The number of amides is 1. The summed E-state index contributed by atoms with van der Waals surface area (Å²) < 4.78 is 16.5. The molecule has 1 aromatic carbocycles. The number of fused-ring (bicyclic) bond motifs is 1. The predicted octanol–water partition coefficient (Wildman–Crippen LogP) is 2.70. The molecule has 1 heterocycles. The first kappa shape index (κ1) is 18.5. The number of hydrogen-bond acceptors (Lipinski definition) is 5. The Bertz CT molecular complexity index is 661. The highest BCUT2D eigenvalue weighted by molar-refractivity contribution is 5.85. The predicted molar refractivity (Wildman–Crippen MR) is 96.0 cm³/mol. The number of rotatable bonds is 4. The molecule has 0 radical (unpaired) electrons. The fourth-order valence-electron chi connectivity index (χ4n) is 3.53. The Morgan fingerprint density at radius 3 is 2.69 bits per heavy atom. The van der Waals surface area contributed by atoms with Crippen LogP contribution in [0, 0.1) is 11.8 Å². The summed E-state index contributed by atoms with van der Waals surface area (Å²) in [6.07, 6.45) is 1.53. The number of nitrogens with one attached hydrogen (secondary N) is 1. The molecule has 26 heavy (non-hydrogen) atoms. The Hall–Kier alpha value is -2.24. The van der Waals surface area contributed by atoms with Crippen molar-refractivity contribution < 1.29 is 23.8 Å². The van der Waals surface area contributed by atoms with Gasteiger partial charge in [0.15, 0.2) is 17.6 Å². The third-order valence-electron chi connectivity index (χ3n) is 5.47. The largest absolute Gasteiger partial charge is 0.485 e. The number of esters is 1. The molecule has 142 valence electrons. The van der Waals surface area contributed by atoms with Gasteiger partial charge >= 0.3 is 5.97 Å². The van der Waals surface area contributed by atoms with Gasteiger partial charge in [-0.05, 0) is 37.3 Å². The van der Waals surface area contributed by atoms with Crippen LogP contribution in [0.3, 0.4) is 0 Å². The van der Waals surface area contributed by atoms with E-state index in [1.165, 1.54) is 6.42 Å². The minimum absolute atomic E-state index is 0.0708. The molecule has 6 nitrogen and oxygen atoms in total. The van der Waals surface area contributed by atoms with Gasteiger partial charge in [0.2, 0.25) is 6.10 Å². The molecular formula is C20H27NO5. The van der Waals surface area contributed by atoms with Gasteiger partial charge in [-0.3, -0.25) is 4.79 Å². The van der Waals surface area contributed by atoms with Gasteiger partial charge in [-0.1, -0.05) is 38.8 Å². The monoisotopic (exact) mass is 361 g/mol. The molecule has 5 atom stereocenters. The van der Waals surface area contributed by atoms with E-state index in [2.05, 4.69) is 19.2 Å². The first-order valence-corrected chi connectivity index (χ1v) is 9.35.